The first-order valence-corrected chi connectivity index (χ1v) is 5.45. The molecule has 0 unspecified atom stereocenters. The molecule has 2 heteroatoms. The largest absolute Gasteiger partial charge is 0.256 e. The van der Waals surface area contributed by atoms with Crippen molar-refractivity contribution < 1.29 is 4.39 Å². The molecule has 0 aliphatic rings. The number of hydrogen-bond acceptors (Lipinski definition) is 1. The predicted octanol–water partition coefficient (Wildman–Crippen LogP) is 4.04. The van der Waals surface area contributed by atoms with Crippen LogP contribution < -0.4 is 0 Å². The Morgan fingerprint density at radius 3 is 2.47 bits per heavy atom. The van der Waals surface area contributed by atoms with Crippen molar-refractivity contribution >= 4 is 10.9 Å². The number of fused-ring (bicyclic) bond motifs is 1. The highest BCUT2D eigenvalue weighted by molar-refractivity contribution is 5.94. The van der Waals surface area contributed by atoms with Crippen LogP contribution in [-0.2, 0) is 0 Å². The van der Waals surface area contributed by atoms with Gasteiger partial charge < -0.3 is 0 Å². The summed E-state index contributed by atoms with van der Waals surface area (Å²) in [4.78, 5) is 4.19. The number of benzene rings is 2. The highest BCUT2D eigenvalue weighted by atomic mass is 19.1. The molecule has 0 radical (unpaired) electrons. The first-order valence-electron chi connectivity index (χ1n) is 5.45. The third-order valence-electron chi connectivity index (χ3n) is 2.80. The molecular formula is C15H10FN. The standard InChI is InChI=1S/C15H10FN/c16-13-7-4-8-14-15(13)12(9-10-17-14)11-5-2-1-3-6-11/h1-10H. The van der Waals surface area contributed by atoms with Crippen LogP contribution in [0, 0.1) is 5.82 Å². The van der Waals surface area contributed by atoms with E-state index in [1.54, 1.807) is 12.3 Å². The minimum atomic E-state index is -0.227. The summed E-state index contributed by atoms with van der Waals surface area (Å²) in [7, 11) is 0. The summed E-state index contributed by atoms with van der Waals surface area (Å²) >= 11 is 0. The van der Waals surface area contributed by atoms with Gasteiger partial charge in [-0.2, -0.15) is 0 Å². The molecule has 3 aromatic rings. The lowest BCUT2D eigenvalue weighted by atomic mass is 10.0. The summed E-state index contributed by atoms with van der Waals surface area (Å²) in [6, 6.07) is 16.6. The molecule has 0 bridgehead atoms. The first kappa shape index (κ1) is 9.97. The molecule has 1 aromatic heterocycles. The second-order valence-corrected chi connectivity index (χ2v) is 3.86. The fraction of sp³-hybridized carbons (Fsp3) is 0. The highest BCUT2D eigenvalue weighted by Gasteiger charge is 2.08. The van der Waals surface area contributed by atoms with Crippen LogP contribution in [-0.4, -0.2) is 4.98 Å². The molecule has 2 aromatic carbocycles. The van der Waals surface area contributed by atoms with Gasteiger partial charge in [-0.05, 0) is 29.3 Å². The molecular weight excluding hydrogens is 213 g/mol. The van der Waals surface area contributed by atoms with Gasteiger partial charge in [0.2, 0.25) is 0 Å². The Morgan fingerprint density at radius 2 is 1.65 bits per heavy atom. The normalized spacial score (nSPS) is 10.6. The van der Waals surface area contributed by atoms with Gasteiger partial charge in [0.1, 0.15) is 5.82 Å². The molecule has 0 aliphatic carbocycles. The van der Waals surface area contributed by atoms with Crippen LogP contribution in [0.3, 0.4) is 0 Å². The Labute approximate surface area is 98.6 Å². The minimum Gasteiger partial charge on any atom is -0.256 e. The van der Waals surface area contributed by atoms with Gasteiger partial charge in [-0.25, -0.2) is 4.39 Å². The van der Waals surface area contributed by atoms with E-state index in [2.05, 4.69) is 4.98 Å². The monoisotopic (exact) mass is 223 g/mol. The zero-order chi connectivity index (χ0) is 11.7. The van der Waals surface area contributed by atoms with Crippen LogP contribution >= 0.6 is 0 Å². The van der Waals surface area contributed by atoms with E-state index in [1.165, 1.54) is 6.07 Å². The van der Waals surface area contributed by atoms with Crippen molar-refractivity contribution in [3.8, 4) is 11.1 Å². The zero-order valence-corrected chi connectivity index (χ0v) is 9.10. The van der Waals surface area contributed by atoms with Crippen LogP contribution in [0.5, 0.6) is 0 Å². The topological polar surface area (TPSA) is 12.9 Å². The van der Waals surface area contributed by atoms with Gasteiger partial charge in [0, 0.05) is 11.6 Å². The van der Waals surface area contributed by atoms with Gasteiger partial charge in [0.15, 0.2) is 0 Å². The summed E-state index contributed by atoms with van der Waals surface area (Å²) in [6.45, 7) is 0. The molecule has 82 valence electrons. The molecule has 0 saturated heterocycles. The molecule has 0 atom stereocenters. The molecule has 0 amide bonds. The summed E-state index contributed by atoms with van der Waals surface area (Å²) in [6.07, 6.45) is 1.71. The number of halogens is 1. The minimum absolute atomic E-state index is 0.227. The number of nitrogens with zero attached hydrogens (tertiary/aromatic N) is 1. The van der Waals surface area contributed by atoms with E-state index in [4.69, 9.17) is 0 Å². The fourth-order valence-electron chi connectivity index (χ4n) is 2.02. The molecule has 0 aliphatic heterocycles. The fourth-order valence-corrected chi connectivity index (χ4v) is 2.02. The van der Waals surface area contributed by atoms with Crippen molar-refractivity contribution in [2.24, 2.45) is 0 Å². The lowest BCUT2D eigenvalue weighted by Gasteiger charge is -2.06. The van der Waals surface area contributed by atoms with Crippen LogP contribution in [0.2, 0.25) is 0 Å². The average molecular weight is 223 g/mol. The summed E-state index contributed by atoms with van der Waals surface area (Å²) in [5.41, 5.74) is 2.57. The zero-order valence-electron chi connectivity index (χ0n) is 9.10. The molecule has 0 saturated carbocycles. The number of pyridine rings is 1. The molecule has 0 fully saturated rings. The summed E-state index contributed by atoms with van der Waals surface area (Å²) in [5.74, 6) is -0.227. The van der Waals surface area contributed by atoms with Gasteiger partial charge in [-0.15, -0.1) is 0 Å². The van der Waals surface area contributed by atoms with E-state index in [9.17, 15) is 4.39 Å². The van der Waals surface area contributed by atoms with Gasteiger partial charge in [0.05, 0.1) is 5.52 Å². The summed E-state index contributed by atoms with van der Waals surface area (Å²) in [5, 5.41) is 0.584. The lowest BCUT2D eigenvalue weighted by molar-refractivity contribution is 0.640. The number of rotatable bonds is 1. The third kappa shape index (κ3) is 1.68. The van der Waals surface area contributed by atoms with E-state index in [0.29, 0.717) is 10.9 Å². The van der Waals surface area contributed by atoms with Crippen molar-refractivity contribution in [2.45, 2.75) is 0 Å². The van der Waals surface area contributed by atoms with Gasteiger partial charge in [-0.3, -0.25) is 4.98 Å². The Hall–Kier alpha value is -2.22. The molecule has 0 N–H and O–H groups in total. The van der Waals surface area contributed by atoms with Crippen LogP contribution in [0.15, 0.2) is 60.8 Å². The van der Waals surface area contributed by atoms with E-state index in [1.807, 2.05) is 42.5 Å². The van der Waals surface area contributed by atoms with Crippen LogP contribution in [0.25, 0.3) is 22.0 Å². The maximum Gasteiger partial charge on any atom is 0.133 e. The van der Waals surface area contributed by atoms with Crippen LogP contribution in [0.4, 0.5) is 4.39 Å². The second kappa shape index (κ2) is 3.98. The maximum atomic E-state index is 13.9. The lowest BCUT2D eigenvalue weighted by Crippen LogP contribution is -1.87. The Kier molecular flexibility index (Phi) is 2.33. The van der Waals surface area contributed by atoms with Crippen molar-refractivity contribution in [1.82, 2.24) is 4.98 Å². The molecule has 3 rings (SSSR count). The quantitative estimate of drug-likeness (QED) is 0.606. The van der Waals surface area contributed by atoms with Crippen molar-refractivity contribution in [3.63, 3.8) is 0 Å². The third-order valence-corrected chi connectivity index (χ3v) is 2.80. The Bertz CT molecular complexity index is 657. The predicted molar refractivity (Wildman–Crippen MR) is 67.1 cm³/mol. The average Bonchev–Trinajstić information content (AvgIpc) is 2.39. The highest BCUT2D eigenvalue weighted by Crippen LogP contribution is 2.28. The van der Waals surface area contributed by atoms with Gasteiger partial charge in [-0.1, -0.05) is 36.4 Å². The smallest absolute Gasteiger partial charge is 0.133 e. The molecule has 0 spiro atoms. The van der Waals surface area contributed by atoms with Crippen molar-refractivity contribution in [1.29, 1.82) is 0 Å². The van der Waals surface area contributed by atoms with Crippen molar-refractivity contribution in [2.75, 3.05) is 0 Å². The van der Waals surface area contributed by atoms with E-state index in [0.717, 1.165) is 11.1 Å². The van der Waals surface area contributed by atoms with Gasteiger partial charge in [0.25, 0.3) is 0 Å². The molecule has 1 nitrogen and oxygen atoms in total. The van der Waals surface area contributed by atoms with E-state index >= 15 is 0 Å². The SMILES string of the molecule is Fc1cccc2nccc(-c3ccccc3)c12. The molecule has 17 heavy (non-hydrogen) atoms. The van der Waals surface area contributed by atoms with Crippen molar-refractivity contribution in [3.05, 3.63) is 66.6 Å². The second-order valence-electron chi connectivity index (χ2n) is 3.86. The van der Waals surface area contributed by atoms with E-state index < -0.39 is 0 Å². The Balaban J connectivity index is 2.38. The van der Waals surface area contributed by atoms with Crippen LogP contribution in [0.1, 0.15) is 0 Å². The van der Waals surface area contributed by atoms with E-state index in [-0.39, 0.29) is 5.82 Å². The van der Waals surface area contributed by atoms with Gasteiger partial charge >= 0.3 is 0 Å². The maximum absolute atomic E-state index is 13.9. The Morgan fingerprint density at radius 1 is 0.824 bits per heavy atom. The summed E-state index contributed by atoms with van der Waals surface area (Å²) < 4.78 is 13.9. The number of hydrogen-bond donors (Lipinski definition) is 0. The number of aromatic nitrogens is 1. The molecule has 1 heterocycles. The first-order chi connectivity index (χ1) is 8.36.